The van der Waals surface area contributed by atoms with Crippen LogP contribution in [0.1, 0.15) is 30.6 Å². The Kier molecular flexibility index (Phi) is 6.52. The summed E-state index contributed by atoms with van der Waals surface area (Å²) in [5.74, 6) is -1.53. The summed E-state index contributed by atoms with van der Waals surface area (Å²) in [4.78, 5) is 26.1. The summed E-state index contributed by atoms with van der Waals surface area (Å²) in [7, 11) is -3.14. The van der Waals surface area contributed by atoms with Crippen LogP contribution in [0.4, 0.5) is 0 Å². The molecule has 26 heavy (non-hydrogen) atoms. The molecule has 2 rings (SSSR count). The van der Waals surface area contributed by atoms with E-state index in [1.54, 1.807) is 0 Å². The second kappa shape index (κ2) is 8.26. The second-order valence-corrected chi connectivity index (χ2v) is 9.40. The Bertz CT molecular complexity index is 792. The highest BCUT2D eigenvalue weighted by molar-refractivity contribution is 7.91. The molecule has 1 heterocycles. The fourth-order valence-corrected chi connectivity index (χ4v) is 4.73. The first-order chi connectivity index (χ1) is 12.1. The van der Waals surface area contributed by atoms with Crippen LogP contribution < -0.4 is 0 Å². The molecule has 1 fully saturated rings. The SMILES string of the molecule is CC(C)CN(C(=O)COC(=O)c1ccc(Cl)cc1O)[C@@H]1CCS(=O)(=O)C1. The van der Waals surface area contributed by atoms with Gasteiger partial charge in [-0.15, -0.1) is 0 Å². The Labute approximate surface area is 157 Å². The van der Waals surface area contributed by atoms with Gasteiger partial charge in [0.1, 0.15) is 11.3 Å². The molecule has 1 aliphatic heterocycles. The fourth-order valence-electron chi connectivity index (χ4n) is 2.83. The number of aromatic hydroxyl groups is 1. The van der Waals surface area contributed by atoms with Gasteiger partial charge in [-0.05, 0) is 30.5 Å². The number of benzene rings is 1. The average Bonchev–Trinajstić information content (AvgIpc) is 2.89. The Morgan fingerprint density at radius 2 is 2.08 bits per heavy atom. The molecule has 9 heteroatoms. The molecular formula is C17H22ClNO6S. The molecule has 144 valence electrons. The Morgan fingerprint density at radius 1 is 1.38 bits per heavy atom. The number of nitrogens with zero attached hydrogens (tertiary/aromatic N) is 1. The number of sulfone groups is 1. The first kappa shape index (κ1) is 20.5. The minimum absolute atomic E-state index is 0.0535. The van der Waals surface area contributed by atoms with E-state index in [2.05, 4.69) is 0 Å². The highest BCUT2D eigenvalue weighted by Crippen LogP contribution is 2.23. The fraction of sp³-hybridized carbons (Fsp3) is 0.529. The van der Waals surface area contributed by atoms with Gasteiger partial charge in [-0.25, -0.2) is 13.2 Å². The molecule has 0 aromatic heterocycles. The lowest BCUT2D eigenvalue weighted by Gasteiger charge is -2.29. The zero-order chi connectivity index (χ0) is 19.5. The van der Waals surface area contributed by atoms with Crippen molar-refractivity contribution < 1.29 is 27.9 Å². The van der Waals surface area contributed by atoms with E-state index in [0.29, 0.717) is 13.0 Å². The van der Waals surface area contributed by atoms with Gasteiger partial charge < -0.3 is 14.7 Å². The molecule has 1 aromatic rings. The van der Waals surface area contributed by atoms with Gasteiger partial charge in [-0.1, -0.05) is 25.4 Å². The molecular weight excluding hydrogens is 382 g/mol. The van der Waals surface area contributed by atoms with E-state index in [9.17, 15) is 23.1 Å². The predicted octanol–water partition coefficient (Wildman–Crippen LogP) is 1.87. The summed E-state index contributed by atoms with van der Waals surface area (Å²) in [6.45, 7) is 3.69. The molecule has 0 spiro atoms. The third kappa shape index (κ3) is 5.35. The molecule has 1 aliphatic rings. The predicted molar refractivity (Wildman–Crippen MR) is 97.0 cm³/mol. The number of hydrogen-bond acceptors (Lipinski definition) is 6. The monoisotopic (exact) mass is 403 g/mol. The number of halogens is 1. The van der Waals surface area contributed by atoms with Crippen LogP contribution in [0.2, 0.25) is 5.02 Å². The van der Waals surface area contributed by atoms with Crippen molar-refractivity contribution in [3.05, 3.63) is 28.8 Å². The maximum Gasteiger partial charge on any atom is 0.342 e. The van der Waals surface area contributed by atoms with Crippen molar-refractivity contribution >= 4 is 33.3 Å². The number of esters is 1. The van der Waals surface area contributed by atoms with Crippen molar-refractivity contribution in [3.8, 4) is 5.75 Å². The van der Waals surface area contributed by atoms with Crippen LogP contribution in [0, 0.1) is 5.92 Å². The quantitative estimate of drug-likeness (QED) is 0.727. The molecule has 1 aromatic carbocycles. The number of carbonyl (C=O) groups excluding carboxylic acids is 2. The number of rotatable bonds is 6. The maximum atomic E-state index is 12.5. The lowest BCUT2D eigenvalue weighted by molar-refractivity contribution is -0.137. The van der Waals surface area contributed by atoms with E-state index in [4.69, 9.17) is 16.3 Å². The molecule has 1 atom stereocenters. The molecule has 0 radical (unpaired) electrons. The first-order valence-corrected chi connectivity index (χ1v) is 10.4. The summed E-state index contributed by atoms with van der Waals surface area (Å²) in [6.07, 6.45) is 0.382. The Balaban J connectivity index is 2.03. The molecule has 0 unspecified atom stereocenters. The topological polar surface area (TPSA) is 101 Å². The summed E-state index contributed by atoms with van der Waals surface area (Å²) in [5.41, 5.74) is -0.0962. The van der Waals surface area contributed by atoms with Gasteiger partial charge in [-0.2, -0.15) is 0 Å². The van der Waals surface area contributed by atoms with Crippen molar-refractivity contribution in [2.75, 3.05) is 24.7 Å². The average molecular weight is 404 g/mol. The van der Waals surface area contributed by atoms with Crippen molar-refractivity contribution in [2.24, 2.45) is 5.92 Å². The van der Waals surface area contributed by atoms with Crippen LogP contribution >= 0.6 is 11.6 Å². The summed E-state index contributed by atoms with van der Waals surface area (Å²) in [5, 5.41) is 10.0. The lowest BCUT2D eigenvalue weighted by Crippen LogP contribution is -2.45. The molecule has 1 saturated heterocycles. The molecule has 0 aliphatic carbocycles. The first-order valence-electron chi connectivity index (χ1n) is 8.24. The zero-order valence-electron chi connectivity index (χ0n) is 14.6. The standard InChI is InChI=1S/C17H22ClNO6S/c1-11(2)8-19(13-5-6-26(23,24)10-13)16(21)9-25-17(22)14-4-3-12(18)7-15(14)20/h3-4,7,11,13,20H,5-6,8-10H2,1-2H3/t13-/m1/s1. The van der Waals surface area contributed by atoms with Gasteiger partial charge in [0.05, 0.1) is 11.5 Å². The second-order valence-electron chi connectivity index (χ2n) is 6.73. The van der Waals surface area contributed by atoms with Crippen molar-refractivity contribution in [1.29, 1.82) is 0 Å². The smallest absolute Gasteiger partial charge is 0.342 e. The Hall–Kier alpha value is -1.80. The number of ether oxygens (including phenoxy) is 1. The summed E-state index contributed by atoms with van der Waals surface area (Å²) in [6, 6.07) is 3.53. The number of amides is 1. The normalized spacial score (nSPS) is 18.7. The van der Waals surface area contributed by atoms with E-state index in [0.717, 1.165) is 0 Å². The largest absolute Gasteiger partial charge is 0.507 e. The Morgan fingerprint density at radius 3 is 2.62 bits per heavy atom. The molecule has 1 N–H and O–H groups in total. The van der Waals surface area contributed by atoms with Gasteiger partial charge in [0.15, 0.2) is 16.4 Å². The van der Waals surface area contributed by atoms with Crippen LogP contribution in [-0.2, 0) is 19.4 Å². The minimum Gasteiger partial charge on any atom is -0.507 e. The molecule has 0 bridgehead atoms. The van der Waals surface area contributed by atoms with Gasteiger partial charge in [-0.3, -0.25) is 4.79 Å². The number of phenols is 1. The van der Waals surface area contributed by atoms with Gasteiger partial charge >= 0.3 is 5.97 Å². The van der Waals surface area contributed by atoms with E-state index >= 15 is 0 Å². The maximum absolute atomic E-state index is 12.5. The third-order valence-corrected chi connectivity index (χ3v) is 6.02. The highest BCUT2D eigenvalue weighted by Gasteiger charge is 2.35. The van der Waals surface area contributed by atoms with Crippen molar-refractivity contribution in [3.63, 3.8) is 0 Å². The summed E-state index contributed by atoms with van der Waals surface area (Å²) >= 11 is 5.71. The summed E-state index contributed by atoms with van der Waals surface area (Å²) < 4.78 is 28.4. The lowest BCUT2D eigenvalue weighted by atomic mass is 10.1. The van der Waals surface area contributed by atoms with E-state index < -0.39 is 34.4 Å². The van der Waals surface area contributed by atoms with Gasteiger partial charge in [0.25, 0.3) is 5.91 Å². The molecule has 1 amide bonds. The molecule has 0 saturated carbocycles. The number of phenolic OH excluding ortho intramolecular Hbond substituents is 1. The van der Waals surface area contributed by atoms with E-state index in [1.165, 1.54) is 23.1 Å². The van der Waals surface area contributed by atoms with Crippen molar-refractivity contribution in [1.82, 2.24) is 4.90 Å². The van der Waals surface area contributed by atoms with Gasteiger partial charge in [0.2, 0.25) is 0 Å². The highest BCUT2D eigenvalue weighted by atomic mass is 35.5. The van der Waals surface area contributed by atoms with Crippen LogP contribution in [0.25, 0.3) is 0 Å². The van der Waals surface area contributed by atoms with Crippen LogP contribution in [0.5, 0.6) is 5.75 Å². The molecule has 7 nitrogen and oxygen atoms in total. The van der Waals surface area contributed by atoms with Crippen molar-refractivity contribution in [2.45, 2.75) is 26.3 Å². The zero-order valence-corrected chi connectivity index (χ0v) is 16.2. The minimum atomic E-state index is -3.14. The van der Waals surface area contributed by atoms with E-state index in [1.807, 2.05) is 13.8 Å². The third-order valence-electron chi connectivity index (χ3n) is 4.04. The number of hydrogen-bond donors (Lipinski definition) is 1. The van der Waals surface area contributed by atoms with Crippen LogP contribution in [0.3, 0.4) is 0 Å². The van der Waals surface area contributed by atoms with Crippen LogP contribution in [0.15, 0.2) is 18.2 Å². The van der Waals surface area contributed by atoms with E-state index in [-0.39, 0.29) is 33.8 Å². The van der Waals surface area contributed by atoms with Crippen LogP contribution in [-0.4, -0.2) is 61.0 Å². The van der Waals surface area contributed by atoms with Gasteiger partial charge in [0, 0.05) is 17.6 Å². The number of carbonyl (C=O) groups is 2.